The Morgan fingerprint density at radius 3 is 3.06 bits per heavy atom. The number of amides is 1. The van der Waals surface area contributed by atoms with Gasteiger partial charge in [0.05, 0.1) is 23.1 Å². The summed E-state index contributed by atoms with van der Waals surface area (Å²) in [7, 11) is 0. The molecule has 80 valence electrons. The van der Waals surface area contributed by atoms with Crippen LogP contribution < -0.4 is 10.6 Å². The third kappa shape index (κ3) is 1.39. The zero-order valence-electron chi connectivity index (χ0n) is 8.66. The van der Waals surface area contributed by atoms with E-state index in [2.05, 4.69) is 15.6 Å². The lowest BCUT2D eigenvalue weighted by Crippen LogP contribution is -2.10. The molecule has 1 aliphatic heterocycles. The fourth-order valence-electron chi connectivity index (χ4n) is 1.94. The SMILES string of the molecule is O=C1CCNc2c(cnc3ccccc23)N1. The first-order chi connectivity index (χ1) is 7.84. The van der Waals surface area contributed by atoms with Gasteiger partial charge in [-0.3, -0.25) is 9.78 Å². The number of pyridine rings is 1. The van der Waals surface area contributed by atoms with Crippen molar-refractivity contribution in [3.63, 3.8) is 0 Å². The summed E-state index contributed by atoms with van der Waals surface area (Å²) in [6.45, 7) is 0.660. The van der Waals surface area contributed by atoms with Gasteiger partial charge in [0.2, 0.25) is 5.91 Å². The van der Waals surface area contributed by atoms with E-state index in [9.17, 15) is 4.79 Å². The Kier molecular flexibility index (Phi) is 1.99. The molecule has 16 heavy (non-hydrogen) atoms. The second-order valence-electron chi connectivity index (χ2n) is 3.79. The van der Waals surface area contributed by atoms with Crippen molar-refractivity contribution in [1.82, 2.24) is 4.98 Å². The van der Waals surface area contributed by atoms with Crippen molar-refractivity contribution < 1.29 is 4.79 Å². The Bertz CT molecular complexity index is 565. The number of benzene rings is 1. The van der Waals surface area contributed by atoms with Gasteiger partial charge in [0.1, 0.15) is 0 Å². The number of nitrogens with zero attached hydrogens (tertiary/aromatic N) is 1. The second-order valence-corrected chi connectivity index (χ2v) is 3.79. The van der Waals surface area contributed by atoms with Crippen LogP contribution in [0.25, 0.3) is 10.9 Å². The Hall–Kier alpha value is -2.10. The van der Waals surface area contributed by atoms with Gasteiger partial charge in [-0.05, 0) is 6.07 Å². The van der Waals surface area contributed by atoms with E-state index in [4.69, 9.17) is 0 Å². The molecule has 4 heteroatoms. The monoisotopic (exact) mass is 213 g/mol. The van der Waals surface area contributed by atoms with E-state index in [1.165, 1.54) is 0 Å². The minimum absolute atomic E-state index is 0.0309. The van der Waals surface area contributed by atoms with Crippen LogP contribution in [0.2, 0.25) is 0 Å². The van der Waals surface area contributed by atoms with Crippen molar-refractivity contribution in [2.45, 2.75) is 6.42 Å². The molecule has 1 aromatic heterocycles. The van der Waals surface area contributed by atoms with Crippen molar-refractivity contribution in [2.75, 3.05) is 17.2 Å². The van der Waals surface area contributed by atoms with Crippen LogP contribution in [0.4, 0.5) is 11.4 Å². The molecule has 2 N–H and O–H groups in total. The predicted molar refractivity (Wildman–Crippen MR) is 63.5 cm³/mol. The van der Waals surface area contributed by atoms with E-state index in [1.807, 2.05) is 24.3 Å². The highest BCUT2D eigenvalue weighted by Crippen LogP contribution is 2.30. The maximum Gasteiger partial charge on any atom is 0.226 e. The maximum absolute atomic E-state index is 11.4. The molecule has 1 aromatic carbocycles. The van der Waals surface area contributed by atoms with Gasteiger partial charge in [-0.1, -0.05) is 18.2 Å². The molecule has 3 rings (SSSR count). The number of rotatable bonds is 0. The summed E-state index contributed by atoms with van der Waals surface area (Å²) in [4.78, 5) is 15.7. The van der Waals surface area contributed by atoms with Gasteiger partial charge in [0.25, 0.3) is 0 Å². The Morgan fingerprint density at radius 2 is 2.12 bits per heavy atom. The summed E-state index contributed by atoms with van der Waals surface area (Å²) >= 11 is 0. The highest BCUT2D eigenvalue weighted by molar-refractivity contribution is 6.04. The number of fused-ring (bicyclic) bond motifs is 3. The fourth-order valence-corrected chi connectivity index (χ4v) is 1.94. The van der Waals surface area contributed by atoms with Crippen molar-refractivity contribution >= 4 is 28.2 Å². The number of carbonyl (C=O) groups is 1. The summed E-state index contributed by atoms with van der Waals surface area (Å²) < 4.78 is 0. The molecule has 1 amide bonds. The largest absolute Gasteiger partial charge is 0.382 e. The van der Waals surface area contributed by atoms with Crippen LogP contribution in [0, 0.1) is 0 Å². The van der Waals surface area contributed by atoms with Gasteiger partial charge in [-0.2, -0.15) is 0 Å². The second kappa shape index (κ2) is 3.48. The van der Waals surface area contributed by atoms with Crippen molar-refractivity contribution in [3.8, 4) is 0 Å². The van der Waals surface area contributed by atoms with E-state index < -0.39 is 0 Å². The Morgan fingerprint density at radius 1 is 1.25 bits per heavy atom. The number of para-hydroxylation sites is 1. The highest BCUT2D eigenvalue weighted by Gasteiger charge is 2.14. The number of hydrogen-bond donors (Lipinski definition) is 2. The first-order valence-electron chi connectivity index (χ1n) is 5.26. The van der Waals surface area contributed by atoms with Crippen LogP contribution in [-0.2, 0) is 4.79 Å². The highest BCUT2D eigenvalue weighted by atomic mass is 16.1. The average Bonchev–Trinajstić information content (AvgIpc) is 2.50. The number of nitrogens with one attached hydrogen (secondary N) is 2. The van der Waals surface area contributed by atoms with Gasteiger partial charge in [0, 0.05) is 18.4 Å². The lowest BCUT2D eigenvalue weighted by atomic mass is 10.1. The van der Waals surface area contributed by atoms with Gasteiger partial charge >= 0.3 is 0 Å². The van der Waals surface area contributed by atoms with Gasteiger partial charge in [-0.25, -0.2) is 0 Å². The van der Waals surface area contributed by atoms with E-state index >= 15 is 0 Å². The molecule has 0 saturated carbocycles. The number of aromatic nitrogens is 1. The quantitative estimate of drug-likeness (QED) is 0.703. The molecule has 2 heterocycles. The third-order valence-corrected chi connectivity index (χ3v) is 2.70. The van der Waals surface area contributed by atoms with Crippen LogP contribution in [0.1, 0.15) is 6.42 Å². The Labute approximate surface area is 92.7 Å². The summed E-state index contributed by atoms with van der Waals surface area (Å²) in [5.74, 6) is 0.0309. The summed E-state index contributed by atoms with van der Waals surface area (Å²) in [5.41, 5.74) is 2.67. The van der Waals surface area contributed by atoms with Crippen LogP contribution in [0.5, 0.6) is 0 Å². The molecule has 0 saturated heterocycles. The number of hydrogen-bond acceptors (Lipinski definition) is 3. The molecule has 2 aromatic rings. The first-order valence-corrected chi connectivity index (χ1v) is 5.26. The van der Waals surface area contributed by atoms with Crippen LogP contribution in [0.3, 0.4) is 0 Å². The maximum atomic E-state index is 11.4. The average molecular weight is 213 g/mol. The van der Waals surface area contributed by atoms with Crippen LogP contribution in [0.15, 0.2) is 30.5 Å². The summed E-state index contributed by atoms with van der Waals surface area (Å²) in [5, 5.41) is 7.17. The van der Waals surface area contributed by atoms with Crippen LogP contribution >= 0.6 is 0 Å². The van der Waals surface area contributed by atoms with E-state index in [-0.39, 0.29) is 5.91 Å². The van der Waals surface area contributed by atoms with E-state index in [0.717, 1.165) is 22.3 Å². The van der Waals surface area contributed by atoms with E-state index in [0.29, 0.717) is 13.0 Å². The van der Waals surface area contributed by atoms with Crippen molar-refractivity contribution in [2.24, 2.45) is 0 Å². The predicted octanol–water partition coefficient (Wildman–Crippen LogP) is 1.99. The molecule has 0 bridgehead atoms. The van der Waals surface area contributed by atoms with Crippen molar-refractivity contribution in [1.29, 1.82) is 0 Å². The molecule has 0 spiro atoms. The zero-order chi connectivity index (χ0) is 11.0. The molecular formula is C12H11N3O. The van der Waals surface area contributed by atoms with Crippen LogP contribution in [-0.4, -0.2) is 17.4 Å². The smallest absolute Gasteiger partial charge is 0.226 e. The lowest BCUT2D eigenvalue weighted by Gasteiger charge is -2.10. The first kappa shape index (κ1) is 9.15. The summed E-state index contributed by atoms with van der Waals surface area (Å²) in [6, 6.07) is 7.89. The van der Waals surface area contributed by atoms with Crippen molar-refractivity contribution in [3.05, 3.63) is 30.5 Å². The zero-order valence-corrected chi connectivity index (χ0v) is 8.66. The van der Waals surface area contributed by atoms with Gasteiger partial charge in [0.15, 0.2) is 0 Å². The molecular weight excluding hydrogens is 202 g/mol. The normalized spacial score (nSPS) is 14.9. The Balaban J connectivity index is 2.25. The standard InChI is InChI=1S/C12H11N3O/c16-11-5-6-13-12-8-3-1-2-4-9(8)14-7-10(12)15-11/h1-4,7,13H,5-6H2,(H,15,16). The van der Waals surface area contributed by atoms with Gasteiger partial charge in [-0.15, -0.1) is 0 Å². The molecule has 0 atom stereocenters. The molecule has 0 radical (unpaired) electrons. The minimum Gasteiger partial charge on any atom is -0.382 e. The van der Waals surface area contributed by atoms with E-state index in [1.54, 1.807) is 6.20 Å². The number of carbonyl (C=O) groups excluding carboxylic acids is 1. The lowest BCUT2D eigenvalue weighted by molar-refractivity contribution is -0.115. The number of anilines is 2. The molecule has 1 aliphatic rings. The summed E-state index contributed by atoms with van der Waals surface area (Å²) in [6.07, 6.45) is 2.19. The molecule has 0 unspecified atom stereocenters. The van der Waals surface area contributed by atoms with Gasteiger partial charge < -0.3 is 10.6 Å². The topological polar surface area (TPSA) is 54.0 Å². The minimum atomic E-state index is 0.0309. The fraction of sp³-hybridized carbons (Fsp3) is 0.167. The molecule has 0 aliphatic carbocycles. The molecule has 4 nitrogen and oxygen atoms in total. The third-order valence-electron chi connectivity index (χ3n) is 2.70. The molecule has 0 fully saturated rings.